The molecule has 1 aliphatic rings. The topological polar surface area (TPSA) is 35.6 Å². The van der Waals surface area contributed by atoms with E-state index in [9.17, 15) is 4.79 Å². The minimum Gasteiger partial charge on any atom is -0.343 e. The van der Waals surface area contributed by atoms with Crippen molar-refractivity contribution < 1.29 is 4.79 Å². The van der Waals surface area contributed by atoms with Crippen molar-refractivity contribution in [1.82, 2.24) is 15.1 Å². The molecule has 1 heterocycles. The number of benzene rings is 1. The molecule has 0 bridgehead atoms. The lowest BCUT2D eigenvalue weighted by Gasteiger charge is -2.32. The number of carbonyl (C=O) groups excluding carboxylic acids is 1. The van der Waals surface area contributed by atoms with E-state index in [4.69, 9.17) is 0 Å². The predicted molar refractivity (Wildman–Crippen MR) is 103 cm³/mol. The van der Waals surface area contributed by atoms with E-state index in [1.807, 2.05) is 23.7 Å². The molecule has 1 N–H and O–H groups in total. The lowest BCUT2D eigenvalue weighted by atomic mass is 10.1. The second kappa shape index (κ2) is 8.37. The van der Waals surface area contributed by atoms with Crippen LogP contribution < -0.4 is 5.32 Å². The first-order chi connectivity index (χ1) is 11.3. The minimum absolute atomic E-state index is 0.204. The van der Waals surface area contributed by atoms with Crippen LogP contribution in [0.5, 0.6) is 0 Å². The van der Waals surface area contributed by atoms with E-state index in [2.05, 4.69) is 62.2 Å². The van der Waals surface area contributed by atoms with Gasteiger partial charge in [-0.1, -0.05) is 39.0 Å². The molecule has 134 valence electrons. The maximum Gasteiger partial charge on any atom is 0.236 e. The number of hydrogen-bond acceptors (Lipinski definition) is 4. The van der Waals surface area contributed by atoms with Gasteiger partial charge in [-0.05, 0) is 18.6 Å². The van der Waals surface area contributed by atoms with Crippen LogP contribution in [0.1, 0.15) is 39.3 Å². The highest BCUT2D eigenvalue weighted by atomic mass is 32.2. The van der Waals surface area contributed by atoms with Gasteiger partial charge in [0, 0.05) is 48.9 Å². The molecule has 0 aliphatic carbocycles. The first-order valence-corrected chi connectivity index (χ1v) is 9.55. The summed E-state index contributed by atoms with van der Waals surface area (Å²) in [6.07, 6.45) is 0. The maximum atomic E-state index is 11.8. The number of hydrogen-bond donors (Lipinski definition) is 1. The van der Waals surface area contributed by atoms with Crippen LogP contribution in [0.4, 0.5) is 0 Å². The average molecular weight is 350 g/mol. The second-order valence-electron chi connectivity index (χ2n) is 7.52. The van der Waals surface area contributed by atoms with Crippen molar-refractivity contribution in [3.8, 4) is 0 Å². The molecule has 1 aliphatic heterocycles. The SMILES string of the molecule is C[C@H](NCCN1CCN(C)C(=O)C1)c1ccccc1SC(C)(C)C. The van der Waals surface area contributed by atoms with Gasteiger partial charge < -0.3 is 10.2 Å². The van der Waals surface area contributed by atoms with Crippen molar-refractivity contribution >= 4 is 17.7 Å². The van der Waals surface area contributed by atoms with Crippen molar-refractivity contribution in [2.24, 2.45) is 0 Å². The Balaban J connectivity index is 1.87. The fourth-order valence-corrected chi connectivity index (χ4v) is 3.98. The molecule has 2 rings (SSSR count). The smallest absolute Gasteiger partial charge is 0.236 e. The quantitative estimate of drug-likeness (QED) is 0.801. The van der Waals surface area contributed by atoms with E-state index >= 15 is 0 Å². The van der Waals surface area contributed by atoms with E-state index in [0.29, 0.717) is 12.6 Å². The van der Waals surface area contributed by atoms with Crippen LogP contribution in [0.3, 0.4) is 0 Å². The van der Waals surface area contributed by atoms with E-state index in [-0.39, 0.29) is 10.7 Å². The highest BCUT2D eigenvalue weighted by Crippen LogP contribution is 2.36. The van der Waals surface area contributed by atoms with E-state index in [1.54, 1.807) is 0 Å². The van der Waals surface area contributed by atoms with Crippen molar-refractivity contribution in [2.45, 2.75) is 43.4 Å². The summed E-state index contributed by atoms with van der Waals surface area (Å²) in [5.41, 5.74) is 1.35. The zero-order valence-corrected chi connectivity index (χ0v) is 16.4. The number of likely N-dealkylation sites (N-methyl/N-ethyl adjacent to an activating group) is 1. The summed E-state index contributed by atoms with van der Waals surface area (Å²) in [4.78, 5) is 17.2. The van der Waals surface area contributed by atoms with E-state index in [1.165, 1.54) is 10.5 Å². The van der Waals surface area contributed by atoms with Crippen LogP contribution in [-0.2, 0) is 4.79 Å². The maximum absolute atomic E-state index is 11.8. The molecular formula is C19H31N3OS. The van der Waals surface area contributed by atoms with Gasteiger partial charge in [-0.25, -0.2) is 0 Å². The molecule has 1 aromatic carbocycles. The molecule has 4 nitrogen and oxygen atoms in total. The van der Waals surface area contributed by atoms with Crippen LogP contribution in [0.2, 0.25) is 0 Å². The van der Waals surface area contributed by atoms with Gasteiger partial charge in [-0.3, -0.25) is 9.69 Å². The molecular weight excluding hydrogens is 318 g/mol. The number of piperazine rings is 1. The van der Waals surface area contributed by atoms with Gasteiger partial charge in [-0.2, -0.15) is 0 Å². The Kier molecular flexibility index (Phi) is 6.72. The highest BCUT2D eigenvalue weighted by Gasteiger charge is 2.21. The molecule has 1 fully saturated rings. The Bertz CT molecular complexity index is 556. The fraction of sp³-hybridized carbons (Fsp3) is 0.632. The van der Waals surface area contributed by atoms with Crippen molar-refractivity contribution in [3.63, 3.8) is 0 Å². The largest absolute Gasteiger partial charge is 0.343 e. The van der Waals surface area contributed by atoms with Gasteiger partial charge >= 0.3 is 0 Å². The van der Waals surface area contributed by atoms with Gasteiger partial charge in [0.25, 0.3) is 0 Å². The van der Waals surface area contributed by atoms with Crippen LogP contribution in [0, 0.1) is 0 Å². The second-order valence-corrected chi connectivity index (χ2v) is 9.39. The summed E-state index contributed by atoms with van der Waals surface area (Å²) in [5.74, 6) is 0.223. The van der Waals surface area contributed by atoms with Crippen LogP contribution in [0.25, 0.3) is 0 Å². The monoisotopic (exact) mass is 349 g/mol. The highest BCUT2D eigenvalue weighted by molar-refractivity contribution is 8.00. The molecule has 0 unspecified atom stereocenters. The molecule has 1 atom stereocenters. The van der Waals surface area contributed by atoms with Crippen LogP contribution in [0.15, 0.2) is 29.2 Å². The molecule has 1 amide bonds. The average Bonchev–Trinajstić information content (AvgIpc) is 2.49. The Hall–Kier alpha value is -1.04. The third-order valence-electron chi connectivity index (χ3n) is 4.22. The van der Waals surface area contributed by atoms with Crippen molar-refractivity contribution in [1.29, 1.82) is 0 Å². The summed E-state index contributed by atoms with van der Waals surface area (Å²) >= 11 is 1.92. The Morgan fingerprint density at radius 1 is 1.25 bits per heavy atom. The number of carbonyl (C=O) groups is 1. The van der Waals surface area contributed by atoms with E-state index < -0.39 is 0 Å². The summed E-state index contributed by atoms with van der Waals surface area (Å²) in [7, 11) is 1.88. The third-order valence-corrected chi connectivity index (χ3v) is 5.42. The number of rotatable bonds is 6. The van der Waals surface area contributed by atoms with Crippen molar-refractivity contribution in [2.75, 3.05) is 39.8 Å². The first kappa shape index (κ1) is 19.3. The normalized spacial score (nSPS) is 18.0. The molecule has 0 spiro atoms. The van der Waals surface area contributed by atoms with Crippen LogP contribution in [-0.4, -0.2) is 60.2 Å². The van der Waals surface area contributed by atoms with Gasteiger partial charge in [0.05, 0.1) is 6.54 Å². The van der Waals surface area contributed by atoms with Gasteiger partial charge in [0.15, 0.2) is 0 Å². The number of nitrogens with zero attached hydrogens (tertiary/aromatic N) is 2. The van der Waals surface area contributed by atoms with Gasteiger partial charge in [0.1, 0.15) is 0 Å². The Labute approximate surface area is 151 Å². The number of thioether (sulfide) groups is 1. The summed E-state index contributed by atoms with van der Waals surface area (Å²) in [6, 6.07) is 8.95. The zero-order valence-electron chi connectivity index (χ0n) is 15.6. The molecule has 5 heteroatoms. The molecule has 24 heavy (non-hydrogen) atoms. The predicted octanol–water partition coefficient (Wildman–Crippen LogP) is 3.00. The molecule has 0 aromatic heterocycles. The van der Waals surface area contributed by atoms with Crippen molar-refractivity contribution in [3.05, 3.63) is 29.8 Å². The zero-order chi connectivity index (χ0) is 17.7. The standard InChI is InChI=1S/C19H31N3OS/c1-15(16-8-6-7-9-17(16)24-19(2,3)4)20-10-11-22-13-12-21(5)18(23)14-22/h6-9,15,20H,10-14H2,1-5H3/t15-/m0/s1. The molecule has 0 radical (unpaired) electrons. The number of amides is 1. The Morgan fingerprint density at radius 2 is 1.96 bits per heavy atom. The number of nitrogens with one attached hydrogen (secondary N) is 1. The van der Waals surface area contributed by atoms with E-state index in [0.717, 1.165) is 26.2 Å². The lowest BCUT2D eigenvalue weighted by molar-refractivity contribution is -0.134. The van der Waals surface area contributed by atoms with Gasteiger partial charge in [0.2, 0.25) is 5.91 Å². The molecule has 0 saturated carbocycles. The van der Waals surface area contributed by atoms with Crippen LogP contribution >= 0.6 is 11.8 Å². The fourth-order valence-electron chi connectivity index (χ4n) is 2.81. The lowest BCUT2D eigenvalue weighted by Crippen LogP contribution is -2.50. The minimum atomic E-state index is 0.204. The molecule has 1 saturated heterocycles. The van der Waals surface area contributed by atoms with Gasteiger partial charge in [-0.15, -0.1) is 11.8 Å². The summed E-state index contributed by atoms with van der Waals surface area (Å²) < 4.78 is 0.204. The summed E-state index contributed by atoms with van der Waals surface area (Å²) in [5, 5.41) is 3.62. The third kappa shape index (κ3) is 5.80. The summed E-state index contributed by atoms with van der Waals surface area (Å²) in [6.45, 7) is 13.1. The molecule has 1 aromatic rings. The first-order valence-electron chi connectivity index (χ1n) is 8.74. The Morgan fingerprint density at radius 3 is 2.62 bits per heavy atom.